The molecule has 2 aromatic heterocycles. The second-order valence-corrected chi connectivity index (χ2v) is 7.71. The number of carbonyl (C=O) groups excluding carboxylic acids is 1. The SMILES string of the molecule is CN(C(=O)CCn1[nH]c(=O)c2ccccc2c1=O)c1c(N)n(Cc2ccccc2)c(=O)[nH]c1=O. The molecule has 0 aliphatic carbocycles. The van der Waals surface area contributed by atoms with Crippen LogP contribution in [-0.2, 0) is 17.9 Å². The maximum Gasteiger partial charge on any atom is 0.330 e. The molecule has 174 valence electrons. The number of anilines is 2. The van der Waals surface area contributed by atoms with E-state index in [0.717, 1.165) is 15.1 Å². The molecule has 4 rings (SSSR count). The van der Waals surface area contributed by atoms with Gasteiger partial charge < -0.3 is 10.6 Å². The molecule has 0 saturated carbocycles. The fraction of sp³-hybridized carbons (Fsp3) is 0.174. The number of carbonyl (C=O) groups is 1. The third kappa shape index (κ3) is 4.18. The Morgan fingerprint density at radius 1 is 0.941 bits per heavy atom. The zero-order valence-corrected chi connectivity index (χ0v) is 18.3. The number of fused-ring (bicyclic) bond motifs is 1. The maximum absolute atomic E-state index is 12.9. The molecular formula is C23H22N6O5. The number of nitrogens with one attached hydrogen (secondary N) is 2. The highest BCUT2D eigenvalue weighted by molar-refractivity contribution is 5.95. The molecule has 0 fully saturated rings. The molecule has 0 spiro atoms. The Hall–Kier alpha value is -4.67. The van der Waals surface area contributed by atoms with Gasteiger partial charge in [0.05, 0.1) is 23.9 Å². The van der Waals surface area contributed by atoms with Crippen LogP contribution in [0.2, 0.25) is 0 Å². The molecule has 0 unspecified atom stereocenters. The summed E-state index contributed by atoms with van der Waals surface area (Å²) in [6.45, 7) is -0.0193. The molecule has 11 nitrogen and oxygen atoms in total. The second kappa shape index (κ2) is 9.06. The summed E-state index contributed by atoms with van der Waals surface area (Å²) in [5.74, 6) is -0.701. The number of hydrogen-bond acceptors (Lipinski definition) is 6. The van der Waals surface area contributed by atoms with Crippen molar-refractivity contribution < 1.29 is 4.79 Å². The number of aromatic amines is 2. The van der Waals surface area contributed by atoms with Crippen LogP contribution in [0.25, 0.3) is 10.8 Å². The molecule has 1 amide bonds. The van der Waals surface area contributed by atoms with Crippen LogP contribution in [0.15, 0.2) is 73.8 Å². The van der Waals surface area contributed by atoms with Crippen molar-refractivity contribution in [2.45, 2.75) is 19.5 Å². The number of benzene rings is 2. The fourth-order valence-electron chi connectivity index (χ4n) is 3.73. The molecule has 2 aromatic carbocycles. The van der Waals surface area contributed by atoms with Crippen molar-refractivity contribution in [3.63, 3.8) is 0 Å². The number of hydrogen-bond donors (Lipinski definition) is 3. The van der Waals surface area contributed by atoms with Crippen LogP contribution < -0.4 is 33.0 Å². The van der Waals surface area contributed by atoms with E-state index < -0.39 is 28.3 Å². The Morgan fingerprint density at radius 2 is 1.59 bits per heavy atom. The van der Waals surface area contributed by atoms with Crippen LogP contribution in [0.1, 0.15) is 12.0 Å². The summed E-state index contributed by atoms with van der Waals surface area (Å²) in [6.07, 6.45) is -0.207. The lowest BCUT2D eigenvalue weighted by molar-refractivity contribution is -0.118. The van der Waals surface area contributed by atoms with E-state index in [1.807, 2.05) is 6.07 Å². The molecule has 0 radical (unpaired) electrons. The summed E-state index contributed by atoms with van der Waals surface area (Å²) < 4.78 is 2.22. The summed E-state index contributed by atoms with van der Waals surface area (Å²) in [5, 5.41) is 2.95. The first-order valence-corrected chi connectivity index (χ1v) is 10.4. The van der Waals surface area contributed by atoms with Crippen molar-refractivity contribution in [3.05, 3.63) is 102 Å². The first-order chi connectivity index (χ1) is 16.3. The average Bonchev–Trinajstić information content (AvgIpc) is 2.83. The largest absolute Gasteiger partial charge is 0.383 e. The molecule has 0 aliphatic rings. The summed E-state index contributed by atoms with van der Waals surface area (Å²) in [7, 11) is 1.35. The number of H-pyrrole nitrogens is 2. The van der Waals surface area contributed by atoms with E-state index in [1.165, 1.54) is 23.7 Å². The van der Waals surface area contributed by atoms with Crippen LogP contribution in [0.5, 0.6) is 0 Å². The van der Waals surface area contributed by atoms with Gasteiger partial charge >= 0.3 is 5.69 Å². The van der Waals surface area contributed by atoms with Crippen LogP contribution in [0.3, 0.4) is 0 Å². The molecule has 0 saturated heterocycles. The molecular weight excluding hydrogens is 440 g/mol. The topological polar surface area (TPSA) is 156 Å². The normalized spacial score (nSPS) is 11.0. The number of aryl methyl sites for hydroxylation is 1. The standard InChI is InChI=1S/C23H22N6O5/c1-27(17(30)11-12-29-22(33)16-10-6-5-9-15(16)20(31)26-29)18-19(24)28(23(34)25-21(18)32)13-14-7-3-2-4-8-14/h2-10H,11-13,24H2,1H3,(H,26,31)(H,25,32,34). The lowest BCUT2D eigenvalue weighted by atomic mass is 10.2. The molecule has 11 heteroatoms. The van der Waals surface area contributed by atoms with Gasteiger partial charge in [0.15, 0.2) is 5.69 Å². The Balaban J connectivity index is 1.60. The van der Waals surface area contributed by atoms with Gasteiger partial charge in [-0.1, -0.05) is 42.5 Å². The lowest BCUT2D eigenvalue weighted by Crippen LogP contribution is -2.40. The van der Waals surface area contributed by atoms with Crippen LogP contribution in [-0.4, -0.2) is 32.3 Å². The number of aromatic nitrogens is 4. The first kappa shape index (κ1) is 22.5. The molecule has 0 bridgehead atoms. The van der Waals surface area contributed by atoms with Gasteiger partial charge in [-0.05, 0) is 17.7 Å². The van der Waals surface area contributed by atoms with Gasteiger partial charge in [0.1, 0.15) is 5.82 Å². The minimum Gasteiger partial charge on any atom is -0.383 e. The number of rotatable bonds is 6. The molecule has 4 N–H and O–H groups in total. The van der Waals surface area contributed by atoms with E-state index in [9.17, 15) is 24.0 Å². The van der Waals surface area contributed by atoms with Crippen molar-refractivity contribution >= 4 is 28.2 Å². The summed E-state index contributed by atoms with van der Waals surface area (Å²) >= 11 is 0. The molecule has 0 atom stereocenters. The van der Waals surface area contributed by atoms with Crippen molar-refractivity contribution in [3.8, 4) is 0 Å². The van der Waals surface area contributed by atoms with Crippen molar-refractivity contribution in [2.24, 2.45) is 0 Å². The predicted molar refractivity (Wildman–Crippen MR) is 128 cm³/mol. The Bertz CT molecular complexity index is 1610. The minimum absolute atomic E-state index is 0.102. The average molecular weight is 462 g/mol. The van der Waals surface area contributed by atoms with E-state index in [-0.39, 0.29) is 41.8 Å². The van der Waals surface area contributed by atoms with E-state index in [2.05, 4.69) is 10.1 Å². The Kier molecular flexibility index (Phi) is 6.00. The Morgan fingerprint density at radius 3 is 2.29 bits per heavy atom. The summed E-state index contributed by atoms with van der Waals surface area (Å²) in [5.41, 5.74) is 4.33. The van der Waals surface area contributed by atoms with Gasteiger partial charge in [0, 0.05) is 13.5 Å². The first-order valence-electron chi connectivity index (χ1n) is 10.4. The van der Waals surface area contributed by atoms with Crippen LogP contribution in [0.4, 0.5) is 11.5 Å². The summed E-state index contributed by atoms with van der Waals surface area (Å²) in [4.78, 5) is 65.8. The van der Waals surface area contributed by atoms with E-state index in [1.54, 1.807) is 36.4 Å². The van der Waals surface area contributed by atoms with Gasteiger partial charge in [-0.3, -0.25) is 33.8 Å². The number of nitrogens with zero attached hydrogens (tertiary/aromatic N) is 3. The number of nitrogen functional groups attached to an aromatic ring is 1. The van der Waals surface area contributed by atoms with Gasteiger partial charge in [-0.2, -0.15) is 0 Å². The zero-order valence-electron chi connectivity index (χ0n) is 18.3. The highest BCUT2D eigenvalue weighted by atomic mass is 16.2. The third-order valence-corrected chi connectivity index (χ3v) is 5.54. The lowest BCUT2D eigenvalue weighted by Gasteiger charge is -2.20. The third-order valence-electron chi connectivity index (χ3n) is 5.54. The van der Waals surface area contributed by atoms with Gasteiger partial charge in [0.25, 0.3) is 16.7 Å². The zero-order chi connectivity index (χ0) is 24.4. The predicted octanol–water partition coefficient (Wildman–Crippen LogP) is 0.223. The minimum atomic E-state index is -0.807. The van der Waals surface area contributed by atoms with Gasteiger partial charge in [0.2, 0.25) is 5.91 Å². The van der Waals surface area contributed by atoms with Crippen LogP contribution >= 0.6 is 0 Å². The van der Waals surface area contributed by atoms with Crippen molar-refractivity contribution in [1.29, 1.82) is 0 Å². The number of nitrogens with two attached hydrogens (primary N) is 1. The second-order valence-electron chi connectivity index (χ2n) is 7.71. The maximum atomic E-state index is 12.9. The van der Waals surface area contributed by atoms with Gasteiger partial charge in [-0.15, -0.1) is 0 Å². The molecule has 4 aromatic rings. The highest BCUT2D eigenvalue weighted by Gasteiger charge is 2.21. The quantitative estimate of drug-likeness (QED) is 0.372. The molecule has 34 heavy (non-hydrogen) atoms. The highest BCUT2D eigenvalue weighted by Crippen LogP contribution is 2.17. The van der Waals surface area contributed by atoms with Gasteiger partial charge in [-0.25, -0.2) is 9.48 Å². The smallest absolute Gasteiger partial charge is 0.330 e. The Labute approximate surface area is 191 Å². The fourth-order valence-corrected chi connectivity index (χ4v) is 3.73. The van der Waals surface area contributed by atoms with Crippen molar-refractivity contribution in [1.82, 2.24) is 19.3 Å². The molecule has 2 heterocycles. The van der Waals surface area contributed by atoms with E-state index in [4.69, 9.17) is 5.73 Å². The van der Waals surface area contributed by atoms with E-state index >= 15 is 0 Å². The van der Waals surface area contributed by atoms with E-state index in [0.29, 0.717) is 0 Å². The molecule has 0 aliphatic heterocycles. The number of amides is 1. The van der Waals surface area contributed by atoms with Crippen molar-refractivity contribution in [2.75, 3.05) is 17.7 Å². The summed E-state index contributed by atoms with van der Waals surface area (Å²) in [6, 6.07) is 15.4. The van der Waals surface area contributed by atoms with Crippen LogP contribution in [0, 0.1) is 0 Å². The monoisotopic (exact) mass is 462 g/mol.